The van der Waals surface area contributed by atoms with Crippen molar-refractivity contribution in [1.29, 1.82) is 0 Å². The molecule has 3 aromatic carbocycles. The number of cyclic esters (lactones) is 1. The van der Waals surface area contributed by atoms with Crippen molar-refractivity contribution in [3.05, 3.63) is 125 Å². The van der Waals surface area contributed by atoms with E-state index in [4.69, 9.17) is 4.74 Å². The van der Waals surface area contributed by atoms with Gasteiger partial charge in [0, 0.05) is 42.5 Å². The van der Waals surface area contributed by atoms with Crippen LogP contribution >= 0.6 is 0 Å². The zero-order chi connectivity index (χ0) is 29.7. The molecule has 4 N–H and O–H groups in total. The smallest absolute Gasteiger partial charge is 0.550 e. The zero-order valence-electron chi connectivity index (χ0n) is 24.8. The van der Waals surface area contributed by atoms with E-state index in [1.54, 1.807) is 60.1 Å². The van der Waals surface area contributed by atoms with Crippen LogP contribution < -0.4 is 34.7 Å². The van der Waals surface area contributed by atoms with Crippen LogP contribution in [0.4, 0.5) is 0 Å². The van der Waals surface area contributed by atoms with Crippen LogP contribution in [-0.4, -0.2) is 54.5 Å². The second-order valence-corrected chi connectivity index (χ2v) is 11.6. The van der Waals surface area contributed by atoms with Gasteiger partial charge in [-0.1, -0.05) is 72.3 Å². The number of aryl methyl sites for hydroxylation is 1. The predicted molar refractivity (Wildman–Crippen MR) is 160 cm³/mol. The molecule has 1 aliphatic heterocycles. The molecular formula is C32H32NNaO9S. The van der Waals surface area contributed by atoms with Crippen molar-refractivity contribution in [2.24, 2.45) is 7.05 Å². The molecule has 12 heteroatoms. The molecule has 0 saturated heterocycles. The van der Waals surface area contributed by atoms with Crippen molar-refractivity contribution in [2.45, 2.75) is 18.2 Å². The predicted octanol–water partition coefficient (Wildman–Crippen LogP) is -1.23. The Hall–Kier alpha value is -3.84. The van der Waals surface area contributed by atoms with Gasteiger partial charge in [-0.15, -0.1) is 0 Å². The van der Waals surface area contributed by atoms with E-state index < -0.39 is 15.8 Å². The molecule has 5 rings (SSSR count). The second-order valence-electron chi connectivity index (χ2n) is 9.61. The minimum atomic E-state index is -3.23. The maximum atomic E-state index is 12.3. The van der Waals surface area contributed by atoms with Crippen LogP contribution in [0.25, 0.3) is 11.1 Å². The third kappa shape index (κ3) is 9.08. The number of carbonyl (C=O) groups excluding carboxylic acids is 3. The van der Waals surface area contributed by atoms with Gasteiger partial charge in [0.25, 0.3) is 0 Å². The third-order valence-electron chi connectivity index (χ3n) is 6.64. The summed E-state index contributed by atoms with van der Waals surface area (Å²) in [5.74, 6) is -1.63. The first-order chi connectivity index (χ1) is 19.5. The molecule has 0 radical (unpaired) electrons. The summed E-state index contributed by atoms with van der Waals surface area (Å²) in [5.41, 5.74) is 5.59. The molecule has 0 aliphatic carbocycles. The van der Waals surface area contributed by atoms with Crippen LogP contribution in [-0.2, 0) is 37.6 Å². The van der Waals surface area contributed by atoms with Crippen LogP contribution in [0.2, 0.25) is 0 Å². The van der Waals surface area contributed by atoms with Crippen molar-refractivity contribution in [3.8, 4) is 0 Å². The fraction of sp³-hybridized carbons (Fsp3) is 0.156. The van der Waals surface area contributed by atoms with Gasteiger partial charge in [-0.25, -0.2) is 13.2 Å². The number of aromatic nitrogens is 1. The first-order valence-corrected chi connectivity index (χ1v) is 14.6. The van der Waals surface area contributed by atoms with Crippen LogP contribution in [0.1, 0.15) is 38.4 Å². The summed E-state index contributed by atoms with van der Waals surface area (Å²) < 4.78 is 29.8. The van der Waals surface area contributed by atoms with E-state index in [1.807, 2.05) is 49.4 Å². The first-order valence-electron chi connectivity index (χ1n) is 12.7. The molecule has 1 aliphatic rings. The van der Waals surface area contributed by atoms with Gasteiger partial charge in [-0.3, -0.25) is 4.79 Å². The molecule has 0 unspecified atom stereocenters. The molecule has 10 nitrogen and oxygen atoms in total. The van der Waals surface area contributed by atoms with Gasteiger partial charge in [0.05, 0.1) is 16.2 Å². The number of ketones is 1. The number of rotatable bonds is 7. The maximum Gasteiger partial charge on any atom is 1.00 e. The molecule has 2 heterocycles. The zero-order valence-corrected chi connectivity index (χ0v) is 27.6. The van der Waals surface area contributed by atoms with Crippen LogP contribution in [0.3, 0.4) is 0 Å². The molecule has 1 aromatic heterocycles. The molecule has 4 aromatic rings. The van der Waals surface area contributed by atoms with E-state index in [0.717, 1.165) is 22.3 Å². The van der Waals surface area contributed by atoms with Gasteiger partial charge >= 0.3 is 35.5 Å². The summed E-state index contributed by atoms with van der Waals surface area (Å²) in [6.07, 6.45) is 0.969. The molecule has 44 heavy (non-hydrogen) atoms. The number of carboxylic acid groups (broad SMARTS) is 1. The number of nitrogens with zero attached hydrogens (tertiary/aromatic N) is 1. The summed E-state index contributed by atoms with van der Waals surface area (Å²) in [4.78, 5) is 35.2. The summed E-state index contributed by atoms with van der Waals surface area (Å²) in [6.45, 7) is 2.15. The fourth-order valence-electron chi connectivity index (χ4n) is 4.39. The number of ether oxygens (including phenoxy) is 1. The maximum absolute atomic E-state index is 12.3. The number of benzene rings is 3. The van der Waals surface area contributed by atoms with Crippen molar-refractivity contribution < 1.29 is 73.2 Å². The van der Waals surface area contributed by atoms with Gasteiger partial charge < -0.3 is 30.2 Å². The summed E-state index contributed by atoms with van der Waals surface area (Å²) in [6, 6.07) is 26.4. The minimum Gasteiger partial charge on any atom is -0.550 e. The van der Waals surface area contributed by atoms with Crippen molar-refractivity contribution >= 4 is 38.7 Å². The van der Waals surface area contributed by atoms with E-state index in [9.17, 15) is 27.9 Å². The van der Waals surface area contributed by atoms with Gasteiger partial charge in [0.15, 0.2) is 9.84 Å². The molecule has 226 valence electrons. The van der Waals surface area contributed by atoms with Crippen molar-refractivity contribution in [2.75, 3.05) is 12.9 Å². The minimum absolute atomic E-state index is 0. The average molecular weight is 630 g/mol. The van der Waals surface area contributed by atoms with Gasteiger partial charge in [-0.05, 0) is 42.3 Å². The Labute approximate surface area is 277 Å². The number of carbonyl (C=O) groups is 3. The van der Waals surface area contributed by atoms with Crippen molar-refractivity contribution in [1.82, 2.24) is 4.57 Å². The SMILES string of the molecule is CS(=O)(=O)c1ccc(C2=C(c3ccccc3)C(=O)OC2)cc1.Cc1ccc(C(=O)c2ccc(CC(=O)[O-])n2C)cc1.O.O.[Na+]. The molecule has 0 bridgehead atoms. The normalized spacial score (nSPS) is 12.0. The fourth-order valence-corrected chi connectivity index (χ4v) is 5.02. The Balaban J connectivity index is 0.000000416. The van der Waals surface area contributed by atoms with Crippen LogP contribution in [0.15, 0.2) is 95.9 Å². The molecule has 0 amide bonds. The Morgan fingerprint density at radius 1 is 0.864 bits per heavy atom. The summed E-state index contributed by atoms with van der Waals surface area (Å²) >= 11 is 0. The third-order valence-corrected chi connectivity index (χ3v) is 7.77. The van der Waals surface area contributed by atoms with E-state index in [1.165, 1.54) is 6.26 Å². The first kappa shape index (κ1) is 38.2. The molecule has 0 atom stereocenters. The molecule has 0 spiro atoms. The average Bonchev–Trinajstić information content (AvgIpc) is 3.51. The van der Waals surface area contributed by atoms with Crippen LogP contribution in [0, 0.1) is 6.92 Å². The van der Waals surface area contributed by atoms with Crippen LogP contribution in [0.5, 0.6) is 0 Å². The number of hydrogen-bond donors (Lipinski definition) is 0. The standard InChI is InChI=1S/C17H14O4S.C15H15NO3.Na.2H2O/c1-22(19,20)14-9-7-12(8-10-14)15-11-21-17(18)16(15)13-5-3-2-4-6-13;1-10-3-5-11(6-4-10)15(19)13-8-7-12(16(13)2)9-14(17)18;;;/h2-10H,11H2,1H3;3-8H,9H2,1-2H3,(H,17,18);;2*1H2/q;;+1;;/p-1. The summed E-state index contributed by atoms with van der Waals surface area (Å²) in [5, 5.41) is 10.6. The van der Waals surface area contributed by atoms with Gasteiger partial charge in [-0.2, -0.15) is 0 Å². The number of esters is 1. The van der Waals surface area contributed by atoms with E-state index in [2.05, 4.69) is 0 Å². The number of carboxylic acids is 1. The molecule has 0 fully saturated rings. The number of aliphatic carboxylic acids is 1. The van der Waals surface area contributed by atoms with Crippen molar-refractivity contribution in [3.63, 3.8) is 0 Å². The Morgan fingerprint density at radius 3 is 2.00 bits per heavy atom. The largest absolute Gasteiger partial charge is 1.00 e. The molecule has 0 saturated carbocycles. The Morgan fingerprint density at radius 2 is 1.45 bits per heavy atom. The molecular weight excluding hydrogens is 597 g/mol. The van der Waals surface area contributed by atoms with E-state index in [-0.39, 0.29) is 70.2 Å². The number of sulfone groups is 1. The number of hydrogen-bond acceptors (Lipinski definition) is 7. The Kier molecular flexibility index (Phi) is 14.1. The Bertz CT molecular complexity index is 1740. The summed E-state index contributed by atoms with van der Waals surface area (Å²) in [7, 11) is -1.55. The van der Waals surface area contributed by atoms with E-state index >= 15 is 0 Å². The van der Waals surface area contributed by atoms with Gasteiger partial charge in [0.1, 0.15) is 6.61 Å². The second kappa shape index (κ2) is 16.3. The topological polar surface area (TPSA) is 186 Å². The van der Waals surface area contributed by atoms with Gasteiger partial charge in [0.2, 0.25) is 5.78 Å². The quantitative estimate of drug-likeness (QED) is 0.139. The monoisotopic (exact) mass is 629 g/mol. The van der Waals surface area contributed by atoms with E-state index in [0.29, 0.717) is 22.5 Å².